The van der Waals surface area contributed by atoms with E-state index < -0.39 is 5.91 Å². The molecule has 0 saturated heterocycles. The average Bonchev–Trinajstić information content (AvgIpc) is 2.41. The maximum Gasteiger partial charge on any atom is 0.257 e. The molecule has 0 atom stereocenters. The first-order valence-corrected chi connectivity index (χ1v) is 6.04. The largest absolute Gasteiger partial charge is 0.483 e. The van der Waals surface area contributed by atoms with E-state index in [1.54, 1.807) is 24.3 Å². The second kappa shape index (κ2) is 7.92. The highest BCUT2D eigenvalue weighted by Gasteiger charge is 2.09. The lowest BCUT2D eigenvalue weighted by atomic mass is 10.2. The number of primary amides is 1. The molecular formula is C14H18N2O3. The number of para-hydroxylation sites is 1. The molecule has 0 radical (unpaired) electrons. The number of benzene rings is 1. The van der Waals surface area contributed by atoms with Gasteiger partial charge in [0.2, 0.25) is 0 Å². The van der Waals surface area contributed by atoms with Crippen LogP contribution in [0, 0.1) is 0 Å². The van der Waals surface area contributed by atoms with Crippen molar-refractivity contribution in [3.8, 4) is 5.75 Å². The predicted octanol–water partition coefficient (Wildman–Crippen LogP) is 1.25. The van der Waals surface area contributed by atoms with Crippen LogP contribution in [0.5, 0.6) is 5.75 Å². The monoisotopic (exact) mass is 262 g/mol. The average molecular weight is 262 g/mol. The molecule has 0 aliphatic rings. The Hall–Kier alpha value is -2.30. The summed E-state index contributed by atoms with van der Waals surface area (Å²) in [7, 11) is 0. The van der Waals surface area contributed by atoms with Gasteiger partial charge in [0, 0.05) is 6.54 Å². The zero-order valence-electron chi connectivity index (χ0n) is 10.9. The van der Waals surface area contributed by atoms with Gasteiger partial charge in [0.05, 0.1) is 5.56 Å². The molecule has 102 valence electrons. The van der Waals surface area contributed by atoms with Crippen LogP contribution in [0.25, 0.3) is 0 Å². The molecule has 1 aromatic rings. The molecule has 0 aliphatic heterocycles. The van der Waals surface area contributed by atoms with Gasteiger partial charge in [0.15, 0.2) is 6.61 Å². The normalized spacial score (nSPS) is 10.4. The van der Waals surface area contributed by atoms with Crippen LogP contribution >= 0.6 is 0 Å². The molecule has 0 fully saturated rings. The van der Waals surface area contributed by atoms with Crippen LogP contribution in [0.4, 0.5) is 0 Å². The highest BCUT2D eigenvalue weighted by atomic mass is 16.5. The number of hydrogen-bond donors (Lipinski definition) is 2. The number of carbonyl (C=O) groups is 2. The smallest absolute Gasteiger partial charge is 0.257 e. The molecule has 0 bridgehead atoms. The summed E-state index contributed by atoms with van der Waals surface area (Å²) in [5, 5.41) is 2.71. The number of ether oxygens (including phenoxy) is 1. The van der Waals surface area contributed by atoms with Crippen molar-refractivity contribution in [3.05, 3.63) is 42.0 Å². The predicted molar refractivity (Wildman–Crippen MR) is 72.9 cm³/mol. The van der Waals surface area contributed by atoms with Gasteiger partial charge in [-0.25, -0.2) is 0 Å². The van der Waals surface area contributed by atoms with Crippen molar-refractivity contribution in [1.29, 1.82) is 0 Å². The molecule has 0 heterocycles. The summed E-state index contributed by atoms with van der Waals surface area (Å²) in [4.78, 5) is 22.6. The Balaban J connectivity index is 2.44. The highest BCUT2D eigenvalue weighted by Crippen LogP contribution is 2.16. The van der Waals surface area contributed by atoms with Gasteiger partial charge in [0.1, 0.15) is 5.75 Å². The summed E-state index contributed by atoms with van der Waals surface area (Å²) in [6, 6.07) is 6.56. The third kappa shape index (κ3) is 5.25. The summed E-state index contributed by atoms with van der Waals surface area (Å²) in [5.41, 5.74) is 5.48. The van der Waals surface area contributed by atoms with Gasteiger partial charge in [-0.2, -0.15) is 0 Å². The molecule has 0 saturated carbocycles. The quantitative estimate of drug-likeness (QED) is 0.573. The molecule has 0 aliphatic carbocycles. The van der Waals surface area contributed by atoms with Crippen LogP contribution < -0.4 is 15.8 Å². The Morgan fingerprint density at radius 1 is 1.37 bits per heavy atom. The van der Waals surface area contributed by atoms with Gasteiger partial charge in [-0.1, -0.05) is 24.3 Å². The third-order valence-electron chi connectivity index (χ3n) is 2.38. The Morgan fingerprint density at radius 2 is 2.11 bits per heavy atom. The van der Waals surface area contributed by atoms with Gasteiger partial charge < -0.3 is 15.8 Å². The third-order valence-corrected chi connectivity index (χ3v) is 2.38. The molecule has 5 heteroatoms. The van der Waals surface area contributed by atoms with Gasteiger partial charge in [-0.15, -0.1) is 0 Å². The molecule has 0 aromatic heterocycles. The number of allylic oxidation sites excluding steroid dienone is 1. The highest BCUT2D eigenvalue weighted by molar-refractivity contribution is 5.95. The van der Waals surface area contributed by atoms with Gasteiger partial charge in [0.25, 0.3) is 11.8 Å². The second-order valence-electron chi connectivity index (χ2n) is 3.86. The number of nitrogens with two attached hydrogens (primary N) is 1. The molecule has 19 heavy (non-hydrogen) atoms. The van der Waals surface area contributed by atoms with E-state index in [9.17, 15) is 9.59 Å². The van der Waals surface area contributed by atoms with E-state index in [0.717, 1.165) is 6.42 Å². The van der Waals surface area contributed by atoms with E-state index in [1.807, 2.05) is 19.1 Å². The van der Waals surface area contributed by atoms with E-state index >= 15 is 0 Å². The fraction of sp³-hybridized carbons (Fsp3) is 0.286. The minimum absolute atomic E-state index is 0.139. The van der Waals surface area contributed by atoms with Crippen molar-refractivity contribution in [1.82, 2.24) is 5.32 Å². The van der Waals surface area contributed by atoms with Crippen LogP contribution in [-0.4, -0.2) is 25.0 Å². The summed E-state index contributed by atoms with van der Waals surface area (Å²) in [5.74, 6) is -0.494. The maximum atomic E-state index is 11.5. The number of nitrogens with one attached hydrogen (secondary N) is 1. The Labute approximate surface area is 112 Å². The summed E-state index contributed by atoms with van der Waals surface area (Å²) in [6.07, 6.45) is 4.66. The van der Waals surface area contributed by atoms with Crippen LogP contribution in [-0.2, 0) is 4.79 Å². The second-order valence-corrected chi connectivity index (χ2v) is 3.86. The van der Waals surface area contributed by atoms with E-state index in [0.29, 0.717) is 12.3 Å². The molecule has 5 nitrogen and oxygen atoms in total. The van der Waals surface area contributed by atoms with Crippen LogP contribution in [0.2, 0.25) is 0 Å². The van der Waals surface area contributed by atoms with Gasteiger partial charge in [-0.3, -0.25) is 9.59 Å². The summed E-state index contributed by atoms with van der Waals surface area (Å²) in [6.45, 7) is 2.34. The molecule has 1 aromatic carbocycles. The van der Waals surface area contributed by atoms with Crippen LogP contribution in [0.15, 0.2) is 36.4 Å². The van der Waals surface area contributed by atoms with Crippen molar-refractivity contribution >= 4 is 11.8 Å². The molecule has 0 unspecified atom stereocenters. The lowest BCUT2D eigenvalue weighted by Gasteiger charge is -2.09. The first-order chi connectivity index (χ1) is 9.15. The van der Waals surface area contributed by atoms with Crippen molar-refractivity contribution in [2.24, 2.45) is 5.73 Å². The van der Waals surface area contributed by atoms with E-state index in [-0.39, 0.29) is 18.1 Å². The molecule has 0 spiro atoms. The number of rotatable bonds is 7. The number of amides is 2. The van der Waals surface area contributed by atoms with E-state index in [2.05, 4.69) is 5.32 Å². The fourth-order valence-electron chi connectivity index (χ4n) is 1.45. The van der Waals surface area contributed by atoms with Gasteiger partial charge in [-0.05, 0) is 25.5 Å². The van der Waals surface area contributed by atoms with Crippen molar-refractivity contribution in [3.63, 3.8) is 0 Å². The maximum absolute atomic E-state index is 11.5. The lowest BCUT2D eigenvalue weighted by molar-refractivity contribution is -0.123. The fourth-order valence-corrected chi connectivity index (χ4v) is 1.45. The summed E-state index contributed by atoms with van der Waals surface area (Å²) < 4.78 is 5.29. The molecule has 3 N–H and O–H groups in total. The molecule has 2 amide bonds. The first kappa shape index (κ1) is 14.8. The van der Waals surface area contributed by atoms with Crippen LogP contribution in [0.1, 0.15) is 23.7 Å². The molecule has 1 rings (SSSR count). The minimum atomic E-state index is -0.580. The Morgan fingerprint density at radius 3 is 2.79 bits per heavy atom. The zero-order valence-corrected chi connectivity index (χ0v) is 10.9. The minimum Gasteiger partial charge on any atom is -0.483 e. The van der Waals surface area contributed by atoms with Crippen LogP contribution in [0.3, 0.4) is 0 Å². The van der Waals surface area contributed by atoms with Crippen molar-refractivity contribution in [2.45, 2.75) is 13.3 Å². The zero-order chi connectivity index (χ0) is 14.1. The molecular weight excluding hydrogens is 244 g/mol. The Kier molecular flexibility index (Phi) is 6.15. The topological polar surface area (TPSA) is 81.4 Å². The van der Waals surface area contributed by atoms with E-state index in [4.69, 9.17) is 10.5 Å². The van der Waals surface area contributed by atoms with Gasteiger partial charge >= 0.3 is 0 Å². The Bertz CT molecular complexity index is 470. The lowest BCUT2D eigenvalue weighted by Crippen LogP contribution is -2.29. The summed E-state index contributed by atoms with van der Waals surface area (Å²) >= 11 is 0. The van der Waals surface area contributed by atoms with Crippen molar-refractivity contribution < 1.29 is 14.3 Å². The SMILES string of the molecule is C/C=C/CCNC(=O)COc1ccccc1C(N)=O. The number of carbonyl (C=O) groups excluding carboxylic acids is 2. The standard InChI is InChI=1S/C14H18N2O3/c1-2-3-6-9-16-13(17)10-19-12-8-5-4-7-11(12)14(15)18/h2-5,7-8H,6,9-10H2,1H3,(H2,15,18)(H,16,17)/b3-2+. The number of hydrogen-bond acceptors (Lipinski definition) is 3. The van der Waals surface area contributed by atoms with E-state index in [1.165, 1.54) is 0 Å². The van der Waals surface area contributed by atoms with Crippen molar-refractivity contribution in [2.75, 3.05) is 13.2 Å². The first-order valence-electron chi connectivity index (χ1n) is 6.04.